The molecule has 6 heteroatoms. The molecule has 24 heavy (non-hydrogen) atoms. The summed E-state index contributed by atoms with van der Waals surface area (Å²) in [6.07, 6.45) is 1.22. The average Bonchev–Trinajstić information content (AvgIpc) is 2.60. The maximum Gasteiger partial charge on any atom is 0.297 e. The molecule has 0 spiro atoms. The topological polar surface area (TPSA) is 61.8 Å². The molecule has 0 amide bonds. The molecule has 2 aromatic rings. The van der Waals surface area contributed by atoms with Gasteiger partial charge in [-0.25, -0.2) is 0 Å². The molecule has 0 fully saturated rings. The lowest BCUT2D eigenvalue weighted by atomic mass is 10.2. The number of ether oxygens (including phenoxy) is 2. The van der Waals surface area contributed by atoms with Crippen LogP contribution in [-0.2, 0) is 19.0 Å². The molecule has 2 aromatic carbocycles. The first-order chi connectivity index (χ1) is 11.5. The largest absolute Gasteiger partial charge is 0.465 e. The van der Waals surface area contributed by atoms with E-state index < -0.39 is 16.4 Å². The van der Waals surface area contributed by atoms with Gasteiger partial charge in [-0.15, -0.1) is 0 Å². The van der Waals surface area contributed by atoms with Gasteiger partial charge in [0.1, 0.15) is 5.75 Å². The first-order valence-electron chi connectivity index (χ1n) is 7.46. The molecule has 0 aliphatic rings. The van der Waals surface area contributed by atoms with E-state index in [1.807, 2.05) is 24.3 Å². The highest BCUT2D eigenvalue weighted by Crippen LogP contribution is 2.15. The standard InChI is InChI=1S/C18H20O5S/c1-3-16-9-11-17(12-10-16)23-15(2)21-13-14-22-24(19,20)18-7-5-4-6-8-18/h3-12,15H,1,13-14H2,2H3. The third kappa shape index (κ3) is 5.49. The lowest BCUT2D eigenvalue weighted by Gasteiger charge is -2.15. The predicted molar refractivity (Wildman–Crippen MR) is 92.2 cm³/mol. The summed E-state index contributed by atoms with van der Waals surface area (Å²) in [5.74, 6) is 0.658. The van der Waals surface area contributed by atoms with Gasteiger partial charge in [-0.05, 0) is 36.8 Å². The van der Waals surface area contributed by atoms with E-state index in [0.29, 0.717) is 5.75 Å². The second-order valence-electron chi connectivity index (χ2n) is 4.92. The van der Waals surface area contributed by atoms with Crippen LogP contribution in [0, 0.1) is 0 Å². The Morgan fingerprint density at radius 2 is 1.71 bits per heavy atom. The number of rotatable bonds is 9. The van der Waals surface area contributed by atoms with Crippen molar-refractivity contribution < 1.29 is 22.1 Å². The SMILES string of the molecule is C=Cc1ccc(OC(C)OCCOS(=O)(=O)c2ccccc2)cc1. The quantitative estimate of drug-likeness (QED) is 0.394. The Morgan fingerprint density at radius 1 is 1.04 bits per heavy atom. The highest BCUT2D eigenvalue weighted by atomic mass is 32.2. The molecule has 1 atom stereocenters. The zero-order chi connectivity index (χ0) is 17.4. The van der Waals surface area contributed by atoms with E-state index in [-0.39, 0.29) is 18.1 Å². The van der Waals surface area contributed by atoms with Gasteiger partial charge in [0.25, 0.3) is 10.1 Å². The van der Waals surface area contributed by atoms with E-state index >= 15 is 0 Å². The smallest absolute Gasteiger partial charge is 0.297 e. The van der Waals surface area contributed by atoms with Crippen LogP contribution in [0.2, 0.25) is 0 Å². The van der Waals surface area contributed by atoms with Crippen LogP contribution < -0.4 is 4.74 Å². The fourth-order valence-corrected chi connectivity index (χ4v) is 2.84. The highest BCUT2D eigenvalue weighted by molar-refractivity contribution is 7.86. The van der Waals surface area contributed by atoms with E-state index in [1.54, 1.807) is 31.2 Å². The van der Waals surface area contributed by atoms with Crippen molar-refractivity contribution in [3.05, 3.63) is 66.7 Å². The number of hydrogen-bond acceptors (Lipinski definition) is 5. The summed E-state index contributed by atoms with van der Waals surface area (Å²) in [5.41, 5.74) is 0.996. The van der Waals surface area contributed by atoms with Gasteiger partial charge >= 0.3 is 0 Å². The van der Waals surface area contributed by atoms with Gasteiger partial charge in [0.2, 0.25) is 0 Å². The van der Waals surface area contributed by atoms with Gasteiger partial charge in [-0.1, -0.05) is 43.0 Å². The molecule has 0 radical (unpaired) electrons. The van der Waals surface area contributed by atoms with Crippen molar-refractivity contribution in [3.8, 4) is 5.75 Å². The lowest BCUT2D eigenvalue weighted by Crippen LogP contribution is -2.20. The molecule has 0 aromatic heterocycles. The van der Waals surface area contributed by atoms with E-state index in [9.17, 15) is 8.42 Å². The Morgan fingerprint density at radius 3 is 2.33 bits per heavy atom. The average molecular weight is 348 g/mol. The summed E-state index contributed by atoms with van der Waals surface area (Å²) < 4.78 is 39.7. The summed E-state index contributed by atoms with van der Waals surface area (Å²) in [5, 5.41) is 0. The summed E-state index contributed by atoms with van der Waals surface area (Å²) >= 11 is 0. The van der Waals surface area contributed by atoms with Crippen LogP contribution in [0.15, 0.2) is 66.1 Å². The third-order valence-electron chi connectivity index (χ3n) is 3.12. The van der Waals surface area contributed by atoms with Crippen molar-refractivity contribution in [2.45, 2.75) is 18.1 Å². The molecule has 0 aliphatic carbocycles. The third-order valence-corrected chi connectivity index (χ3v) is 4.45. The molecule has 128 valence electrons. The zero-order valence-corrected chi connectivity index (χ0v) is 14.2. The summed E-state index contributed by atoms with van der Waals surface area (Å²) in [4.78, 5) is 0.122. The van der Waals surface area contributed by atoms with Crippen molar-refractivity contribution >= 4 is 16.2 Å². The molecular formula is C18H20O5S. The predicted octanol–water partition coefficient (Wildman–Crippen LogP) is 3.48. The molecule has 1 unspecified atom stereocenters. The summed E-state index contributed by atoms with van der Waals surface area (Å²) in [6.45, 7) is 5.43. The molecule has 0 N–H and O–H groups in total. The summed E-state index contributed by atoms with van der Waals surface area (Å²) in [7, 11) is -3.76. The summed E-state index contributed by atoms with van der Waals surface area (Å²) in [6, 6.07) is 15.4. The van der Waals surface area contributed by atoms with E-state index in [4.69, 9.17) is 13.7 Å². The molecule has 0 bridgehead atoms. The zero-order valence-electron chi connectivity index (χ0n) is 13.4. The maximum atomic E-state index is 11.9. The van der Waals surface area contributed by atoms with Crippen molar-refractivity contribution in [2.75, 3.05) is 13.2 Å². The fourth-order valence-electron chi connectivity index (χ4n) is 1.92. The Hall–Kier alpha value is -2.15. The van der Waals surface area contributed by atoms with Crippen LogP contribution >= 0.6 is 0 Å². The van der Waals surface area contributed by atoms with Gasteiger partial charge in [0.15, 0.2) is 6.29 Å². The Kier molecular flexibility index (Phi) is 6.54. The van der Waals surface area contributed by atoms with Gasteiger partial charge in [-0.2, -0.15) is 8.42 Å². The fraction of sp³-hybridized carbons (Fsp3) is 0.222. The second-order valence-corrected chi connectivity index (χ2v) is 6.53. The van der Waals surface area contributed by atoms with Crippen LogP contribution in [0.1, 0.15) is 12.5 Å². The molecule has 0 saturated heterocycles. The number of benzene rings is 2. The van der Waals surface area contributed by atoms with Crippen LogP contribution in [-0.4, -0.2) is 27.9 Å². The van der Waals surface area contributed by atoms with Crippen molar-refractivity contribution in [1.82, 2.24) is 0 Å². The van der Waals surface area contributed by atoms with Crippen molar-refractivity contribution in [2.24, 2.45) is 0 Å². The first-order valence-corrected chi connectivity index (χ1v) is 8.87. The number of hydrogen-bond donors (Lipinski definition) is 0. The minimum Gasteiger partial charge on any atom is -0.465 e. The minimum absolute atomic E-state index is 0.0830. The molecule has 0 heterocycles. The Labute approximate surface area is 142 Å². The van der Waals surface area contributed by atoms with E-state index in [0.717, 1.165) is 5.56 Å². The van der Waals surface area contributed by atoms with Crippen LogP contribution in [0.5, 0.6) is 5.75 Å². The minimum atomic E-state index is -3.76. The monoisotopic (exact) mass is 348 g/mol. The molecule has 0 saturated carbocycles. The van der Waals surface area contributed by atoms with Crippen molar-refractivity contribution in [1.29, 1.82) is 0 Å². The maximum absolute atomic E-state index is 11.9. The molecule has 5 nitrogen and oxygen atoms in total. The molecule has 0 aliphatic heterocycles. The van der Waals surface area contributed by atoms with Crippen LogP contribution in [0.3, 0.4) is 0 Å². The molecular weight excluding hydrogens is 328 g/mol. The Balaban J connectivity index is 1.74. The second kappa shape index (κ2) is 8.63. The highest BCUT2D eigenvalue weighted by Gasteiger charge is 2.14. The van der Waals surface area contributed by atoms with Crippen LogP contribution in [0.4, 0.5) is 0 Å². The van der Waals surface area contributed by atoms with Crippen LogP contribution in [0.25, 0.3) is 6.08 Å². The van der Waals surface area contributed by atoms with Crippen molar-refractivity contribution in [3.63, 3.8) is 0 Å². The van der Waals surface area contributed by atoms with E-state index in [2.05, 4.69) is 6.58 Å². The van der Waals surface area contributed by atoms with E-state index in [1.165, 1.54) is 12.1 Å². The normalized spacial score (nSPS) is 12.5. The molecule has 2 rings (SSSR count). The van der Waals surface area contributed by atoms with Gasteiger partial charge < -0.3 is 9.47 Å². The van der Waals surface area contributed by atoms with Gasteiger partial charge in [-0.3, -0.25) is 4.18 Å². The van der Waals surface area contributed by atoms with Gasteiger partial charge in [0, 0.05) is 0 Å². The lowest BCUT2D eigenvalue weighted by molar-refractivity contribution is -0.0735. The Bertz CT molecular complexity index is 739. The van der Waals surface area contributed by atoms with Gasteiger partial charge in [0.05, 0.1) is 18.1 Å². The first kappa shape index (κ1) is 18.2.